The van der Waals surface area contributed by atoms with E-state index in [9.17, 15) is 14.7 Å². The van der Waals surface area contributed by atoms with Gasteiger partial charge in [0.25, 0.3) is 5.56 Å². The quantitative estimate of drug-likeness (QED) is 0.540. The summed E-state index contributed by atoms with van der Waals surface area (Å²) in [5.74, 6) is 2.53. The first-order chi connectivity index (χ1) is 8.10. The number of aromatic nitrogens is 2. The van der Waals surface area contributed by atoms with Crippen molar-refractivity contribution < 1.29 is 5.11 Å². The number of nitrogens with one attached hydrogen (secondary N) is 1. The number of hydrogen-bond donors (Lipinski definition) is 2. The van der Waals surface area contributed by atoms with Crippen LogP contribution in [0.5, 0.6) is 0 Å². The Labute approximate surface area is 97.4 Å². The summed E-state index contributed by atoms with van der Waals surface area (Å²) in [7, 11) is 0. The average molecular weight is 232 g/mol. The first-order valence-corrected chi connectivity index (χ1v) is 5.20. The molecular formula is C12H12N2O3. The standard InChI is InChI=1S/C12H12N2O3/c1-2-12(8-15)5-3-9(7-12)14-6-4-10(16)13-11(14)17/h1,3-6,9,15H,7-8H2,(H,13,16,17)/t9-,12?/m0/s1. The topological polar surface area (TPSA) is 75.1 Å². The maximum absolute atomic E-state index is 11.6. The molecule has 2 atom stereocenters. The maximum atomic E-state index is 11.6. The second kappa shape index (κ2) is 4.07. The minimum atomic E-state index is -0.708. The van der Waals surface area contributed by atoms with Crippen molar-refractivity contribution in [1.82, 2.24) is 9.55 Å². The number of H-pyrrole nitrogens is 1. The Bertz CT molecular complexity index is 605. The lowest BCUT2D eigenvalue weighted by molar-refractivity contribution is 0.203. The van der Waals surface area contributed by atoms with Crippen molar-refractivity contribution in [2.75, 3.05) is 6.61 Å². The van der Waals surface area contributed by atoms with Gasteiger partial charge in [-0.05, 0) is 6.42 Å². The molecule has 1 aliphatic carbocycles. The van der Waals surface area contributed by atoms with E-state index in [-0.39, 0.29) is 12.6 Å². The van der Waals surface area contributed by atoms with Gasteiger partial charge in [0.05, 0.1) is 18.1 Å². The first-order valence-electron chi connectivity index (χ1n) is 5.20. The monoisotopic (exact) mass is 232 g/mol. The third-order valence-corrected chi connectivity index (χ3v) is 2.99. The van der Waals surface area contributed by atoms with Crippen LogP contribution in [0.15, 0.2) is 34.0 Å². The Morgan fingerprint density at radius 3 is 2.94 bits per heavy atom. The molecule has 0 aliphatic heterocycles. The Hall–Kier alpha value is -2.06. The van der Waals surface area contributed by atoms with Crippen LogP contribution in [-0.4, -0.2) is 21.3 Å². The highest BCUT2D eigenvalue weighted by Crippen LogP contribution is 2.36. The van der Waals surface area contributed by atoms with Crippen LogP contribution in [0.2, 0.25) is 0 Å². The normalized spacial score (nSPS) is 26.9. The molecule has 1 aliphatic rings. The largest absolute Gasteiger partial charge is 0.394 e. The third-order valence-electron chi connectivity index (χ3n) is 2.99. The van der Waals surface area contributed by atoms with E-state index in [1.807, 2.05) is 0 Å². The molecule has 0 saturated heterocycles. The average Bonchev–Trinajstić information content (AvgIpc) is 2.74. The highest BCUT2D eigenvalue weighted by atomic mass is 16.3. The lowest BCUT2D eigenvalue weighted by Crippen LogP contribution is -2.31. The van der Waals surface area contributed by atoms with Crippen LogP contribution < -0.4 is 11.2 Å². The van der Waals surface area contributed by atoms with Gasteiger partial charge in [0.2, 0.25) is 0 Å². The molecule has 5 heteroatoms. The van der Waals surface area contributed by atoms with Crippen molar-refractivity contribution in [2.24, 2.45) is 5.41 Å². The minimum absolute atomic E-state index is 0.158. The minimum Gasteiger partial charge on any atom is -0.394 e. The van der Waals surface area contributed by atoms with Gasteiger partial charge in [0, 0.05) is 12.3 Å². The molecule has 0 saturated carbocycles. The highest BCUT2D eigenvalue weighted by molar-refractivity contribution is 5.24. The SMILES string of the molecule is C#CC1(CO)C=C[C@H](n2ccc(=O)[nH]c2=O)C1. The smallest absolute Gasteiger partial charge is 0.328 e. The van der Waals surface area contributed by atoms with E-state index in [1.54, 1.807) is 12.2 Å². The maximum Gasteiger partial charge on any atom is 0.328 e. The van der Waals surface area contributed by atoms with Gasteiger partial charge in [-0.1, -0.05) is 18.1 Å². The van der Waals surface area contributed by atoms with Crippen molar-refractivity contribution in [1.29, 1.82) is 0 Å². The van der Waals surface area contributed by atoms with E-state index >= 15 is 0 Å². The fourth-order valence-corrected chi connectivity index (χ4v) is 1.95. The zero-order valence-corrected chi connectivity index (χ0v) is 9.09. The number of allylic oxidation sites excluding steroid dienone is 1. The van der Waals surface area contributed by atoms with Crippen molar-refractivity contribution in [3.63, 3.8) is 0 Å². The Balaban J connectivity index is 2.35. The second-order valence-corrected chi connectivity index (χ2v) is 4.11. The number of terminal acetylenes is 1. The first kappa shape index (κ1) is 11.4. The van der Waals surface area contributed by atoms with Crippen LogP contribution in [0.3, 0.4) is 0 Å². The van der Waals surface area contributed by atoms with Crippen LogP contribution in [0.4, 0.5) is 0 Å². The molecule has 1 aromatic rings. The Kier molecular flexibility index (Phi) is 2.74. The Morgan fingerprint density at radius 1 is 1.65 bits per heavy atom. The van der Waals surface area contributed by atoms with Gasteiger partial charge in [-0.15, -0.1) is 6.42 Å². The van der Waals surface area contributed by atoms with Crippen molar-refractivity contribution in [3.05, 3.63) is 45.3 Å². The number of aliphatic hydroxyl groups is 1. The summed E-state index contributed by atoms with van der Waals surface area (Å²) in [6.07, 6.45) is 10.8. The van der Waals surface area contributed by atoms with Crippen molar-refractivity contribution >= 4 is 0 Å². The van der Waals surface area contributed by atoms with Crippen LogP contribution in [0.25, 0.3) is 0 Å². The molecule has 1 aromatic heterocycles. The lowest BCUT2D eigenvalue weighted by atomic mass is 9.89. The number of aliphatic hydroxyl groups excluding tert-OH is 1. The molecule has 0 spiro atoms. The zero-order chi connectivity index (χ0) is 12.5. The van der Waals surface area contributed by atoms with E-state index in [0.717, 1.165) is 0 Å². The van der Waals surface area contributed by atoms with Gasteiger partial charge < -0.3 is 5.11 Å². The molecule has 0 radical (unpaired) electrons. The molecule has 2 N–H and O–H groups in total. The molecule has 2 rings (SSSR count). The van der Waals surface area contributed by atoms with Gasteiger partial charge >= 0.3 is 5.69 Å². The van der Waals surface area contributed by atoms with Crippen LogP contribution in [-0.2, 0) is 0 Å². The van der Waals surface area contributed by atoms with E-state index in [1.165, 1.54) is 16.8 Å². The number of nitrogens with zero attached hydrogens (tertiary/aromatic N) is 1. The fourth-order valence-electron chi connectivity index (χ4n) is 1.95. The molecule has 1 heterocycles. The lowest BCUT2D eigenvalue weighted by Gasteiger charge is -2.20. The number of rotatable bonds is 2. The molecule has 0 bridgehead atoms. The van der Waals surface area contributed by atoms with Gasteiger partial charge in [0.1, 0.15) is 0 Å². The molecule has 0 fully saturated rings. The zero-order valence-electron chi connectivity index (χ0n) is 9.09. The van der Waals surface area contributed by atoms with Crippen LogP contribution in [0, 0.1) is 17.8 Å². The predicted octanol–water partition coefficient (Wildman–Crippen LogP) is -0.351. The molecule has 5 nitrogen and oxygen atoms in total. The molecule has 0 amide bonds. The number of hydrogen-bond acceptors (Lipinski definition) is 3. The summed E-state index contributed by atoms with van der Waals surface area (Å²) in [5, 5.41) is 9.26. The summed E-state index contributed by atoms with van der Waals surface area (Å²) in [6, 6.07) is 1.05. The molecule has 1 unspecified atom stereocenters. The van der Waals surface area contributed by atoms with Gasteiger partial charge in [-0.3, -0.25) is 14.3 Å². The van der Waals surface area contributed by atoms with Crippen LogP contribution >= 0.6 is 0 Å². The van der Waals surface area contributed by atoms with Gasteiger partial charge in [-0.25, -0.2) is 4.79 Å². The summed E-state index contributed by atoms with van der Waals surface area (Å²) < 4.78 is 1.40. The molecule has 0 aromatic carbocycles. The molecular weight excluding hydrogens is 220 g/mol. The van der Waals surface area contributed by atoms with Crippen molar-refractivity contribution in [3.8, 4) is 12.3 Å². The third kappa shape index (κ3) is 1.95. The van der Waals surface area contributed by atoms with Crippen LogP contribution in [0.1, 0.15) is 12.5 Å². The summed E-state index contributed by atoms with van der Waals surface area (Å²) in [5.41, 5.74) is -1.61. The fraction of sp³-hybridized carbons (Fsp3) is 0.333. The Morgan fingerprint density at radius 2 is 2.41 bits per heavy atom. The van der Waals surface area contributed by atoms with Crippen molar-refractivity contribution in [2.45, 2.75) is 12.5 Å². The highest BCUT2D eigenvalue weighted by Gasteiger charge is 2.33. The summed E-state index contributed by atoms with van der Waals surface area (Å²) >= 11 is 0. The van der Waals surface area contributed by atoms with Gasteiger partial charge in [0.15, 0.2) is 0 Å². The summed E-state index contributed by atoms with van der Waals surface area (Å²) in [6.45, 7) is -0.158. The molecule has 88 valence electrons. The van der Waals surface area contributed by atoms with Gasteiger partial charge in [-0.2, -0.15) is 0 Å². The van der Waals surface area contributed by atoms with E-state index in [0.29, 0.717) is 6.42 Å². The second-order valence-electron chi connectivity index (χ2n) is 4.11. The number of aromatic amines is 1. The summed E-state index contributed by atoms with van der Waals surface area (Å²) in [4.78, 5) is 24.7. The van der Waals surface area contributed by atoms with E-state index < -0.39 is 16.7 Å². The van der Waals surface area contributed by atoms with E-state index in [4.69, 9.17) is 6.42 Å². The molecule has 17 heavy (non-hydrogen) atoms. The predicted molar refractivity (Wildman–Crippen MR) is 62.5 cm³/mol. The van der Waals surface area contributed by atoms with E-state index in [2.05, 4.69) is 10.9 Å².